The average molecular weight is 116 g/mol. The summed E-state index contributed by atoms with van der Waals surface area (Å²) in [4.78, 5) is 0. The van der Waals surface area contributed by atoms with Gasteiger partial charge in [0.25, 0.3) is 0 Å². The Morgan fingerprint density at radius 1 is 1.38 bits per heavy atom. The van der Waals surface area contributed by atoms with Gasteiger partial charge in [-0.1, -0.05) is 19.1 Å². The summed E-state index contributed by atoms with van der Waals surface area (Å²) >= 11 is 0. The van der Waals surface area contributed by atoms with Crippen LogP contribution in [0.15, 0.2) is 12.2 Å². The van der Waals surface area contributed by atoms with Gasteiger partial charge in [-0.25, -0.2) is 0 Å². The predicted octanol–water partition coefficient (Wildman–Crippen LogP) is 1.22. The second kappa shape index (κ2) is 9.83. The van der Waals surface area contributed by atoms with Crippen molar-refractivity contribution in [3.05, 3.63) is 12.2 Å². The largest absolute Gasteiger partial charge is 0.396 e. The molecule has 1 N–H and O–H groups in total. The van der Waals surface area contributed by atoms with Crippen molar-refractivity contribution in [2.75, 3.05) is 6.61 Å². The molecule has 0 aliphatic carbocycles. The lowest BCUT2D eigenvalue weighted by molar-refractivity contribution is 0.302. The maximum Gasteiger partial charge on any atom is 0.0465 e. The van der Waals surface area contributed by atoms with E-state index in [4.69, 9.17) is 5.11 Å². The molecule has 0 rings (SSSR count). The molecule has 0 aromatic rings. The molecular weight excluding hydrogens is 104 g/mol. The molecule has 0 atom stereocenters. The fourth-order valence-corrected chi connectivity index (χ4v) is 0.359. The highest BCUT2D eigenvalue weighted by atomic mass is 16.2. The van der Waals surface area contributed by atoms with Gasteiger partial charge in [0, 0.05) is 12.1 Å². The molecule has 0 unspecified atom stereocenters. The zero-order chi connectivity index (χ0) is 5.54. The Bertz CT molecular complexity index is 50.5. The van der Waals surface area contributed by atoms with Gasteiger partial charge in [0.05, 0.1) is 0 Å². The Kier molecular flexibility index (Phi) is 13.0. The Morgan fingerprint density at radius 2 is 2.00 bits per heavy atom. The second-order valence-electron chi connectivity index (χ2n) is 1.39. The van der Waals surface area contributed by atoms with Crippen LogP contribution in [0.4, 0.5) is 0 Å². The third-order valence-corrected chi connectivity index (χ3v) is 0.698. The summed E-state index contributed by atoms with van der Waals surface area (Å²) < 4.78 is 0. The van der Waals surface area contributed by atoms with Crippen LogP contribution < -0.4 is 0 Å². The van der Waals surface area contributed by atoms with Gasteiger partial charge >= 0.3 is 0 Å². The van der Waals surface area contributed by atoms with Gasteiger partial charge in [0.2, 0.25) is 0 Å². The van der Waals surface area contributed by atoms with Crippen molar-refractivity contribution in [3.8, 4) is 0 Å². The zero-order valence-corrected chi connectivity index (χ0v) is 5.13. The van der Waals surface area contributed by atoms with E-state index in [1.54, 1.807) is 0 Å². The summed E-state index contributed by atoms with van der Waals surface area (Å²) in [5, 5.41) is 8.24. The summed E-state index contributed by atoms with van der Waals surface area (Å²) in [5.74, 6) is 0. The Morgan fingerprint density at radius 3 is 2.38 bits per heavy atom. The van der Waals surface area contributed by atoms with Crippen LogP contribution in [0.5, 0.6) is 0 Å². The first-order chi connectivity index (χ1) is 3.41. The van der Waals surface area contributed by atoms with Gasteiger partial charge in [-0.2, -0.15) is 0 Å². The number of allylic oxidation sites excluding steroid dienone is 1. The zero-order valence-electron chi connectivity index (χ0n) is 5.13. The van der Waals surface area contributed by atoms with Crippen molar-refractivity contribution in [2.24, 2.45) is 0 Å². The minimum Gasteiger partial charge on any atom is -0.396 e. The third kappa shape index (κ3) is 9.18. The van der Waals surface area contributed by atoms with Gasteiger partial charge < -0.3 is 5.11 Å². The van der Waals surface area contributed by atoms with Crippen LogP contribution in [0.25, 0.3) is 0 Å². The van der Waals surface area contributed by atoms with Crippen LogP contribution in [0.1, 0.15) is 19.8 Å². The molecule has 2 nitrogen and oxygen atoms in total. The minimum absolute atomic E-state index is 0. The average Bonchev–Trinajstić information content (AvgIpc) is 1.69. The molecule has 0 spiro atoms. The quantitative estimate of drug-likeness (QED) is 0.553. The van der Waals surface area contributed by atoms with Crippen LogP contribution >= 0.6 is 0 Å². The number of hydrogen-bond acceptors (Lipinski definition) is 1. The summed E-state index contributed by atoms with van der Waals surface area (Å²) in [7, 11) is 0. The van der Waals surface area contributed by atoms with E-state index in [2.05, 4.69) is 13.0 Å². The summed E-state index contributed by atoms with van der Waals surface area (Å²) in [5.41, 5.74) is 0. The molecule has 0 heterocycles. The highest BCUT2D eigenvalue weighted by Gasteiger charge is 1.68. The summed E-state index contributed by atoms with van der Waals surface area (Å²) in [6.45, 7) is 2.35. The van der Waals surface area contributed by atoms with Crippen molar-refractivity contribution in [1.82, 2.24) is 0 Å². The van der Waals surface area contributed by atoms with Gasteiger partial charge in [0.15, 0.2) is 0 Å². The molecule has 2 heteroatoms. The van der Waals surface area contributed by atoms with Crippen molar-refractivity contribution >= 4 is 0 Å². The maximum absolute atomic E-state index is 8.24. The fraction of sp³-hybridized carbons (Fsp3) is 0.667. The van der Waals surface area contributed by atoms with Gasteiger partial charge in [-0.15, -0.1) is 0 Å². The predicted molar refractivity (Wildman–Crippen MR) is 31.8 cm³/mol. The molecule has 0 saturated heterocycles. The third-order valence-electron chi connectivity index (χ3n) is 0.698. The molecule has 0 fully saturated rings. The van der Waals surface area contributed by atoms with Crippen LogP contribution in [-0.4, -0.2) is 11.7 Å². The Labute approximate surface area is 50.1 Å². The summed E-state index contributed by atoms with van der Waals surface area (Å²) in [6, 6.07) is 0. The Hall–Kier alpha value is -0.340. The van der Waals surface area contributed by atoms with E-state index in [1.165, 1.54) is 0 Å². The minimum atomic E-state index is 0. The van der Waals surface area contributed by atoms with Gasteiger partial charge in [0.1, 0.15) is 0 Å². The standard InChI is InChI=1S/C6H12O.O/c1-2-3-4-5-6-7;/h3-4,7H,2,5-6H2,1H3;/b4-3-;. The van der Waals surface area contributed by atoms with Crippen LogP contribution in [0.2, 0.25) is 0 Å². The van der Waals surface area contributed by atoms with E-state index in [9.17, 15) is 0 Å². The summed E-state index contributed by atoms with van der Waals surface area (Å²) in [6.07, 6.45) is 5.91. The molecule has 0 amide bonds. The molecule has 0 aliphatic heterocycles. The monoisotopic (exact) mass is 116 g/mol. The first-order valence-electron chi connectivity index (χ1n) is 2.67. The highest BCUT2D eigenvalue weighted by molar-refractivity contribution is 4.79. The molecule has 2 radical (unpaired) electrons. The number of hydrogen-bond donors (Lipinski definition) is 1. The van der Waals surface area contributed by atoms with E-state index < -0.39 is 0 Å². The van der Waals surface area contributed by atoms with Crippen molar-refractivity contribution in [3.63, 3.8) is 0 Å². The molecule has 0 bridgehead atoms. The molecule has 8 heavy (non-hydrogen) atoms. The lowest BCUT2D eigenvalue weighted by atomic mass is 10.3. The first-order valence-corrected chi connectivity index (χ1v) is 2.67. The highest BCUT2D eigenvalue weighted by Crippen LogP contribution is 1.82. The second-order valence-corrected chi connectivity index (χ2v) is 1.39. The molecule has 48 valence electrons. The Balaban J connectivity index is 0. The SMILES string of the molecule is CC/C=C\CCO.[O]. The van der Waals surface area contributed by atoms with Crippen LogP contribution in [-0.2, 0) is 5.48 Å². The molecule has 0 saturated carbocycles. The lowest BCUT2D eigenvalue weighted by Crippen LogP contribution is -1.73. The number of aliphatic hydroxyl groups is 1. The van der Waals surface area contributed by atoms with Crippen molar-refractivity contribution in [1.29, 1.82) is 0 Å². The van der Waals surface area contributed by atoms with Gasteiger partial charge in [-0.3, -0.25) is 0 Å². The van der Waals surface area contributed by atoms with Crippen molar-refractivity contribution in [2.45, 2.75) is 19.8 Å². The number of rotatable bonds is 3. The van der Waals surface area contributed by atoms with Crippen LogP contribution in [0.3, 0.4) is 0 Å². The number of aliphatic hydroxyl groups excluding tert-OH is 1. The fourth-order valence-electron chi connectivity index (χ4n) is 0.359. The van der Waals surface area contributed by atoms with E-state index >= 15 is 0 Å². The smallest absolute Gasteiger partial charge is 0.0465 e. The molecule has 0 aromatic carbocycles. The van der Waals surface area contributed by atoms with Gasteiger partial charge in [-0.05, 0) is 12.8 Å². The van der Waals surface area contributed by atoms with Crippen LogP contribution in [0, 0.1) is 0 Å². The topological polar surface area (TPSA) is 48.7 Å². The van der Waals surface area contributed by atoms with E-state index in [1.807, 2.05) is 6.08 Å². The molecule has 0 aliphatic rings. The maximum atomic E-state index is 8.24. The molecule has 0 aromatic heterocycles. The lowest BCUT2D eigenvalue weighted by Gasteiger charge is -1.79. The van der Waals surface area contributed by atoms with E-state index in [0.29, 0.717) is 0 Å². The first kappa shape index (κ1) is 10.6. The van der Waals surface area contributed by atoms with E-state index in [-0.39, 0.29) is 12.1 Å². The normalized spacial score (nSPS) is 9.25. The van der Waals surface area contributed by atoms with Crippen molar-refractivity contribution < 1.29 is 10.6 Å². The molecular formula is C6H12O2. The van der Waals surface area contributed by atoms with E-state index in [0.717, 1.165) is 12.8 Å².